The van der Waals surface area contributed by atoms with Crippen LogP contribution in [0.4, 0.5) is 0 Å². The highest BCUT2D eigenvalue weighted by atomic mass is 16.5. The summed E-state index contributed by atoms with van der Waals surface area (Å²) in [5.74, 6) is 1.65. The van der Waals surface area contributed by atoms with E-state index in [0.29, 0.717) is 11.3 Å². The van der Waals surface area contributed by atoms with Gasteiger partial charge in [0.15, 0.2) is 0 Å². The Morgan fingerprint density at radius 2 is 1.96 bits per heavy atom. The van der Waals surface area contributed by atoms with E-state index in [2.05, 4.69) is 6.92 Å². The number of methoxy groups -OCH3 is 1. The minimum atomic E-state index is 0.110. The third-order valence-corrected chi connectivity index (χ3v) is 5.54. The molecule has 1 amide bonds. The van der Waals surface area contributed by atoms with E-state index >= 15 is 0 Å². The predicted molar refractivity (Wildman–Crippen MR) is 91.0 cm³/mol. The lowest BCUT2D eigenvalue weighted by atomic mass is 9.86. The van der Waals surface area contributed by atoms with Crippen molar-refractivity contribution in [3.05, 3.63) is 29.8 Å². The standard InChI is InChI=1S/C19H28N2O2/c1-15-6-5-7-16(14-15)20-10-12-21(13-11-20)19(22)17-8-3-4-9-18(17)23-2/h3-4,8-9,15-16H,5-7,10-14H2,1-2H3/p+1/t15-,16+/m1/s1. The van der Waals surface area contributed by atoms with E-state index < -0.39 is 0 Å². The van der Waals surface area contributed by atoms with Gasteiger partial charge in [0.2, 0.25) is 0 Å². The molecule has 4 heteroatoms. The molecule has 1 heterocycles. The Morgan fingerprint density at radius 1 is 1.22 bits per heavy atom. The first-order chi connectivity index (χ1) is 11.2. The largest absolute Gasteiger partial charge is 0.496 e. The lowest BCUT2D eigenvalue weighted by Gasteiger charge is -2.39. The van der Waals surface area contributed by atoms with E-state index in [1.54, 1.807) is 12.0 Å². The van der Waals surface area contributed by atoms with Crippen LogP contribution in [0.5, 0.6) is 5.75 Å². The minimum Gasteiger partial charge on any atom is -0.496 e. The summed E-state index contributed by atoms with van der Waals surface area (Å²) >= 11 is 0. The number of nitrogens with zero attached hydrogens (tertiary/aromatic N) is 1. The summed E-state index contributed by atoms with van der Waals surface area (Å²) in [6.45, 7) is 6.26. The number of rotatable bonds is 3. The number of nitrogens with one attached hydrogen (secondary N) is 1. The number of hydrogen-bond donors (Lipinski definition) is 1. The number of hydrogen-bond acceptors (Lipinski definition) is 2. The molecule has 0 aromatic heterocycles. The second-order valence-electron chi connectivity index (χ2n) is 7.12. The first-order valence-corrected chi connectivity index (χ1v) is 8.96. The summed E-state index contributed by atoms with van der Waals surface area (Å²) in [6, 6.07) is 8.34. The Bertz CT molecular complexity index is 538. The summed E-state index contributed by atoms with van der Waals surface area (Å²) in [5, 5.41) is 0. The summed E-state index contributed by atoms with van der Waals surface area (Å²) < 4.78 is 5.33. The fraction of sp³-hybridized carbons (Fsp3) is 0.632. The molecule has 3 rings (SSSR count). The van der Waals surface area contributed by atoms with Gasteiger partial charge >= 0.3 is 0 Å². The fourth-order valence-corrected chi connectivity index (χ4v) is 4.20. The highest BCUT2D eigenvalue weighted by Gasteiger charge is 2.32. The van der Waals surface area contributed by atoms with E-state index in [1.807, 2.05) is 29.2 Å². The Morgan fingerprint density at radius 3 is 2.65 bits per heavy atom. The maximum Gasteiger partial charge on any atom is 0.258 e. The molecule has 2 atom stereocenters. The highest BCUT2D eigenvalue weighted by molar-refractivity contribution is 5.97. The van der Waals surface area contributed by atoms with Crippen molar-refractivity contribution < 1.29 is 14.4 Å². The molecule has 1 aliphatic heterocycles. The maximum atomic E-state index is 12.8. The summed E-state index contributed by atoms with van der Waals surface area (Å²) in [4.78, 5) is 16.5. The molecule has 1 aromatic carbocycles. The molecule has 2 fully saturated rings. The van der Waals surface area contributed by atoms with Gasteiger partial charge in [0, 0.05) is 6.42 Å². The molecule has 23 heavy (non-hydrogen) atoms. The number of benzene rings is 1. The monoisotopic (exact) mass is 317 g/mol. The molecule has 1 saturated heterocycles. The van der Waals surface area contributed by atoms with Crippen LogP contribution in [0.25, 0.3) is 0 Å². The molecule has 4 nitrogen and oxygen atoms in total. The smallest absolute Gasteiger partial charge is 0.258 e. The Balaban J connectivity index is 1.59. The van der Waals surface area contributed by atoms with Gasteiger partial charge in [-0.15, -0.1) is 0 Å². The zero-order chi connectivity index (χ0) is 16.2. The second-order valence-corrected chi connectivity index (χ2v) is 7.12. The van der Waals surface area contributed by atoms with Crippen LogP contribution in [-0.4, -0.2) is 50.1 Å². The third kappa shape index (κ3) is 3.69. The molecule has 2 aliphatic rings. The highest BCUT2D eigenvalue weighted by Crippen LogP contribution is 2.22. The Kier molecular flexibility index (Phi) is 5.21. The summed E-state index contributed by atoms with van der Waals surface area (Å²) in [6.07, 6.45) is 5.48. The topological polar surface area (TPSA) is 34.0 Å². The van der Waals surface area contributed by atoms with Gasteiger partial charge in [-0.25, -0.2) is 0 Å². The van der Waals surface area contributed by atoms with Crippen LogP contribution in [-0.2, 0) is 0 Å². The average Bonchev–Trinajstić information content (AvgIpc) is 2.61. The van der Waals surface area contributed by atoms with Gasteiger partial charge in [-0.3, -0.25) is 4.79 Å². The van der Waals surface area contributed by atoms with E-state index in [1.165, 1.54) is 25.7 Å². The van der Waals surface area contributed by atoms with Crippen molar-refractivity contribution in [2.45, 2.75) is 38.6 Å². The molecule has 0 radical (unpaired) electrons. The number of carbonyl (C=O) groups is 1. The van der Waals surface area contributed by atoms with Crippen molar-refractivity contribution in [1.29, 1.82) is 0 Å². The van der Waals surface area contributed by atoms with Crippen molar-refractivity contribution in [2.75, 3.05) is 33.3 Å². The lowest BCUT2D eigenvalue weighted by Crippen LogP contribution is -3.18. The van der Waals surface area contributed by atoms with Crippen LogP contribution in [0.1, 0.15) is 43.0 Å². The second kappa shape index (κ2) is 7.35. The Hall–Kier alpha value is -1.55. The van der Waals surface area contributed by atoms with Gasteiger partial charge in [0.1, 0.15) is 5.75 Å². The number of para-hydroxylation sites is 1. The summed E-state index contributed by atoms with van der Waals surface area (Å²) in [5.41, 5.74) is 0.685. The van der Waals surface area contributed by atoms with E-state index in [0.717, 1.165) is 38.1 Å². The van der Waals surface area contributed by atoms with Crippen LogP contribution in [0.2, 0.25) is 0 Å². The van der Waals surface area contributed by atoms with Crippen LogP contribution in [0, 0.1) is 5.92 Å². The van der Waals surface area contributed by atoms with Crippen molar-refractivity contribution in [3.63, 3.8) is 0 Å². The van der Waals surface area contributed by atoms with Gasteiger partial charge in [-0.2, -0.15) is 0 Å². The van der Waals surface area contributed by atoms with E-state index in [4.69, 9.17) is 4.74 Å². The van der Waals surface area contributed by atoms with Gasteiger partial charge in [0.05, 0.1) is 44.9 Å². The van der Waals surface area contributed by atoms with Gasteiger partial charge in [0.25, 0.3) is 5.91 Å². The molecule has 1 saturated carbocycles. The zero-order valence-electron chi connectivity index (χ0n) is 14.4. The van der Waals surface area contributed by atoms with Crippen molar-refractivity contribution in [1.82, 2.24) is 4.90 Å². The lowest BCUT2D eigenvalue weighted by molar-refractivity contribution is -0.930. The van der Waals surface area contributed by atoms with Crippen LogP contribution in [0.3, 0.4) is 0 Å². The molecule has 1 aliphatic carbocycles. The predicted octanol–water partition coefficient (Wildman–Crippen LogP) is 1.61. The molecule has 126 valence electrons. The molecular weight excluding hydrogens is 288 g/mol. The van der Waals surface area contributed by atoms with Gasteiger partial charge in [-0.1, -0.05) is 25.5 Å². The number of carbonyl (C=O) groups excluding carboxylic acids is 1. The number of quaternary nitrogens is 1. The number of piperazine rings is 1. The van der Waals surface area contributed by atoms with Crippen LogP contribution in [0.15, 0.2) is 24.3 Å². The Labute approximate surface area is 139 Å². The average molecular weight is 317 g/mol. The van der Waals surface area contributed by atoms with Gasteiger partial charge < -0.3 is 14.5 Å². The molecule has 0 spiro atoms. The molecule has 1 N–H and O–H groups in total. The molecule has 0 bridgehead atoms. The first-order valence-electron chi connectivity index (χ1n) is 8.96. The van der Waals surface area contributed by atoms with E-state index in [9.17, 15) is 4.79 Å². The van der Waals surface area contributed by atoms with Crippen molar-refractivity contribution >= 4 is 5.91 Å². The third-order valence-electron chi connectivity index (χ3n) is 5.54. The number of ether oxygens (including phenoxy) is 1. The molecule has 1 aromatic rings. The minimum absolute atomic E-state index is 0.110. The van der Waals surface area contributed by atoms with Crippen LogP contribution >= 0.6 is 0 Å². The fourth-order valence-electron chi connectivity index (χ4n) is 4.20. The quantitative estimate of drug-likeness (QED) is 0.919. The van der Waals surface area contributed by atoms with Crippen molar-refractivity contribution in [2.24, 2.45) is 5.92 Å². The first kappa shape index (κ1) is 16.3. The van der Waals surface area contributed by atoms with Crippen molar-refractivity contribution in [3.8, 4) is 5.75 Å². The zero-order valence-corrected chi connectivity index (χ0v) is 14.4. The normalized spacial score (nSPS) is 26.1. The van der Waals surface area contributed by atoms with Gasteiger partial charge in [-0.05, 0) is 30.9 Å². The van der Waals surface area contributed by atoms with Crippen LogP contribution < -0.4 is 9.64 Å². The number of amides is 1. The molecule has 0 unspecified atom stereocenters. The summed E-state index contributed by atoms with van der Waals surface area (Å²) in [7, 11) is 1.62. The van der Waals surface area contributed by atoms with E-state index in [-0.39, 0.29) is 5.91 Å². The molecular formula is C19H29N2O2+. The maximum absolute atomic E-state index is 12.8. The SMILES string of the molecule is COc1ccccc1C(=O)N1CC[NH+]([C@H]2CCC[C@@H](C)C2)CC1.